The molecule has 0 saturated carbocycles. The van der Waals surface area contributed by atoms with Crippen molar-refractivity contribution in [3.05, 3.63) is 42.2 Å². The Morgan fingerprint density at radius 1 is 1.22 bits per heavy atom. The van der Waals surface area contributed by atoms with E-state index in [0.29, 0.717) is 11.4 Å². The van der Waals surface area contributed by atoms with Crippen molar-refractivity contribution in [1.29, 1.82) is 0 Å². The van der Waals surface area contributed by atoms with Gasteiger partial charge in [-0.05, 0) is 44.1 Å². The van der Waals surface area contributed by atoms with Gasteiger partial charge in [-0.1, -0.05) is 12.1 Å². The van der Waals surface area contributed by atoms with Crippen LogP contribution in [-0.4, -0.2) is 34.7 Å². The summed E-state index contributed by atoms with van der Waals surface area (Å²) in [5.74, 6) is -0.552. The van der Waals surface area contributed by atoms with Crippen molar-refractivity contribution in [2.75, 3.05) is 18.4 Å². The fraction of sp³-hybridized carbons (Fsp3) is 0.312. The smallest absolute Gasteiger partial charge is 0.269 e. The number of amides is 2. The highest BCUT2D eigenvalue weighted by atomic mass is 16.2. The van der Waals surface area contributed by atoms with Crippen LogP contribution in [0.25, 0.3) is 5.69 Å². The Hall–Kier alpha value is -2.67. The van der Waals surface area contributed by atoms with Gasteiger partial charge < -0.3 is 16.4 Å². The number of benzene rings is 1. The van der Waals surface area contributed by atoms with Gasteiger partial charge in [-0.2, -0.15) is 5.10 Å². The number of para-hydroxylation sites is 2. The van der Waals surface area contributed by atoms with Crippen molar-refractivity contribution in [3.8, 4) is 5.69 Å². The molecule has 0 aliphatic carbocycles. The molecule has 1 aromatic carbocycles. The summed E-state index contributed by atoms with van der Waals surface area (Å²) in [6.07, 6.45) is 3.32. The van der Waals surface area contributed by atoms with Crippen molar-refractivity contribution in [1.82, 2.24) is 15.1 Å². The van der Waals surface area contributed by atoms with Crippen LogP contribution in [0.2, 0.25) is 0 Å². The third kappa shape index (κ3) is 3.40. The van der Waals surface area contributed by atoms with Crippen LogP contribution in [0.4, 0.5) is 5.69 Å². The zero-order valence-corrected chi connectivity index (χ0v) is 12.7. The molecule has 7 nitrogen and oxygen atoms in total. The number of nitrogens with one attached hydrogen (secondary N) is 2. The first-order chi connectivity index (χ1) is 11.1. The first-order valence-corrected chi connectivity index (χ1v) is 7.61. The molecule has 4 N–H and O–H groups in total. The number of hydrogen-bond acceptors (Lipinski definition) is 4. The Labute approximate surface area is 133 Å². The normalized spacial score (nSPS) is 15.3. The summed E-state index contributed by atoms with van der Waals surface area (Å²) in [5, 5.41) is 10.4. The van der Waals surface area contributed by atoms with Crippen molar-refractivity contribution < 1.29 is 9.59 Å². The van der Waals surface area contributed by atoms with Crippen molar-refractivity contribution in [2.45, 2.75) is 12.8 Å². The molecule has 2 aromatic rings. The summed E-state index contributed by atoms with van der Waals surface area (Å²) < 4.78 is 1.54. The molecule has 120 valence electrons. The number of anilines is 1. The van der Waals surface area contributed by atoms with E-state index in [1.165, 1.54) is 4.68 Å². The number of aromatic nitrogens is 2. The molecule has 1 saturated heterocycles. The minimum absolute atomic E-state index is 0.0150. The highest BCUT2D eigenvalue weighted by molar-refractivity contribution is 5.94. The van der Waals surface area contributed by atoms with E-state index in [1.54, 1.807) is 12.3 Å². The standard InChI is InChI=1S/C16H19N5O2/c17-15(22)13-7-10-21(20-13)14-4-2-1-3-12(14)19-16(23)11-5-8-18-9-6-11/h1-4,7,10-11,18H,5-6,8-9H2,(H2,17,22)(H,19,23). The minimum Gasteiger partial charge on any atom is -0.364 e. The van der Waals surface area contributed by atoms with Gasteiger partial charge in [-0.25, -0.2) is 4.68 Å². The van der Waals surface area contributed by atoms with Crippen molar-refractivity contribution in [3.63, 3.8) is 0 Å². The van der Waals surface area contributed by atoms with Gasteiger partial charge in [0.15, 0.2) is 0 Å². The van der Waals surface area contributed by atoms with Gasteiger partial charge in [-0.15, -0.1) is 0 Å². The topological polar surface area (TPSA) is 102 Å². The molecule has 1 aromatic heterocycles. The number of nitrogens with two attached hydrogens (primary N) is 1. The summed E-state index contributed by atoms with van der Waals surface area (Å²) in [4.78, 5) is 23.6. The highest BCUT2D eigenvalue weighted by Crippen LogP contribution is 2.22. The van der Waals surface area contributed by atoms with E-state index in [9.17, 15) is 9.59 Å². The van der Waals surface area contributed by atoms with Crippen LogP contribution in [-0.2, 0) is 4.79 Å². The fourth-order valence-corrected chi connectivity index (χ4v) is 2.69. The van der Waals surface area contributed by atoms with Gasteiger partial charge in [0.2, 0.25) is 5.91 Å². The predicted octanol–water partition coefficient (Wildman–Crippen LogP) is 0.909. The minimum atomic E-state index is -0.583. The number of nitrogens with zero attached hydrogens (tertiary/aromatic N) is 2. The Morgan fingerprint density at radius 2 is 1.96 bits per heavy atom. The lowest BCUT2D eigenvalue weighted by molar-refractivity contribution is -0.120. The number of carbonyl (C=O) groups is 2. The van der Waals surface area contributed by atoms with E-state index in [-0.39, 0.29) is 17.5 Å². The summed E-state index contributed by atoms with van der Waals surface area (Å²) in [6, 6.07) is 8.89. The van der Waals surface area contributed by atoms with Gasteiger partial charge in [0.1, 0.15) is 5.69 Å². The molecular weight excluding hydrogens is 294 g/mol. The third-order valence-electron chi connectivity index (χ3n) is 3.96. The summed E-state index contributed by atoms with van der Waals surface area (Å²) in [5.41, 5.74) is 6.77. The van der Waals surface area contributed by atoms with Crippen LogP contribution in [0.3, 0.4) is 0 Å². The molecule has 0 radical (unpaired) electrons. The molecule has 23 heavy (non-hydrogen) atoms. The van der Waals surface area contributed by atoms with E-state index in [0.717, 1.165) is 25.9 Å². The van der Waals surface area contributed by atoms with Crippen LogP contribution in [0, 0.1) is 5.92 Å². The lowest BCUT2D eigenvalue weighted by atomic mass is 9.97. The average Bonchev–Trinajstić information content (AvgIpc) is 3.06. The molecule has 1 aliphatic rings. The maximum absolute atomic E-state index is 12.4. The van der Waals surface area contributed by atoms with Gasteiger partial charge in [0, 0.05) is 12.1 Å². The van der Waals surface area contributed by atoms with Crippen LogP contribution >= 0.6 is 0 Å². The van der Waals surface area contributed by atoms with Gasteiger partial charge in [0.25, 0.3) is 5.91 Å². The zero-order chi connectivity index (χ0) is 16.2. The lowest BCUT2D eigenvalue weighted by Gasteiger charge is -2.22. The first kappa shape index (κ1) is 15.2. The second-order valence-corrected chi connectivity index (χ2v) is 5.54. The number of piperidine rings is 1. The quantitative estimate of drug-likeness (QED) is 0.780. The predicted molar refractivity (Wildman–Crippen MR) is 86.3 cm³/mol. The van der Waals surface area contributed by atoms with Crippen LogP contribution in [0.5, 0.6) is 0 Å². The molecule has 2 heterocycles. The van der Waals surface area contributed by atoms with Gasteiger partial charge in [0.05, 0.1) is 11.4 Å². The Balaban J connectivity index is 1.82. The summed E-state index contributed by atoms with van der Waals surface area (Å²) >= 11 is 0. The van der Waals surface area contributed by atoms with Gasteiger partial charge >= 0.3 is 0 Å². The van der Waals surface area contributed by atoms with Crippen molar-refractivity contribution >= 4 is 17.5 Å². The third-order valence-corrected chi connectivity index (χ3v) is 3.96. The monoisotopic (exact) mass is 313 g/mol. The van der Waals surface area contributed by atoms with Crippen molar-refractivity contribution in [2.24, 2.45) is 11.7 Å². The number of carbonyl (C=O) groups excluding carboxylic acids is 2. The van der Waals surface area contributed by atoms with Crippen LogP contribution in [0.15, 0.2) is 36.5 Å². The molecule has 1 aliphatic heterocycles. The molecular formula is C16H19N5O2. The van der Waals surface area contributed by atoms with E-state index < -0.39 is 5.91 Å². The molecule has 7 heteroatoms. The Morgan fingerprint density at radius 3 is 2.65 bits per heavy atom. The van der Waals surface area contributed by atoms with E-state index in [1.807, 2.05) is 24.3 Å². The number of hydrogen-bond donors (Lipinski definition) is 3. The number of rotatable bonds is 4. The largest absolute Gasteiger partial charge is 0.364 e. The SMILES string of the molecule is NC(=O)c1ccn(-c2ccccc2NC(=O)C2CCNCC2)n1. The molecule has 1 fully saturated rings. The maximum atomic E-state index is 12.4. The van der Waals surface area contributed by atoms with E-state index in [2.05, 4.69) is 15.7 Å². The second-order valence-electron chi connectivity index (χ2n) is 5.54. The Kier molecular flexibility index (Phi) is 4.38. The maximum Gasteiger partial charge on any atom is 0.269 e. The highest BCUT2D eigenvalue weighted by Gasteiger charge is 2.21. The summed E-state index contributed by atoms with van der Waals surface area (Å²) in [7, 11) is 0. The van der Waals surface area contributed by atoms with E-state index in [4.69, 9.17) is 5.73 Å². The van der Waals surface area contributed by atoms with E-state index >= 15 is 0 Å². The second kappa shape index (κ2) is 6.62. The fourth-order valence-electron chi connectivity index (χ4n) is 2.69. The number of primary amides is 1. The average molecular weight is 313 g/mol. The van der Waals surface area contributed by atoms with Crippen LogP contribution < -0.4 is 16.4 Å². The first-order valence-electron chi connectivity index (χ1n) is 7.61. The molecule has 0 unspecified atom stereocenters. The molecule has 3 rings (SSSR count). The zero-order valence-electron chi connectivity index (χ0n) is 12.7. The summed E-state index contributed by atoms with van der Waals surface area (Å²) in [6.45, 7) is 1.72. The van der Waals surface area contributed by atoms with Gasteiger partial charge in [-0.3, -0.25) is 9.59 Å². The Bertz CT molecular complexity index is 719. The molecule has 2 amide bonds. The molecule has 0 bridgehead atoms. The van der Waals surface area contributed by atoms with Crippen LogP contribution in [0.1, 0.15) is 23.3 Å². The molecule has 0 spiro atoms. The molecule has 0 atom stereocenters. The lowest BCUT2D eigenvalue weighted by Crippen LogP contribution is -2.34.